The Balaban J connectivity index is 1.99. The highest BCUT2D eigenvalue weighted by Crippen LogP contribution is 2.52. The van der Waals surface area contributed by atoms with E-state index in [0.29, 0.717) is 5.56 Å². The Labute approximate surface area is 163 Å². The zero-order chi connectivity index (χ0) is 19.3. The molecule has 1 atom stereocenters. The van der Waals surface area contributed by atoms with Crippen LogP contribution >= 0.6 is 0 Å². The quantitative estimate of drug-likeness (QED) is 0.517. The van der Waals surface area contributed by atoms with Crippen molar-refractivity contribution in [1.82, 2.24) is 0 Å². The molecule has 3 heteroatoms. The van der Waals surface area contributed by atoms with Crippen molar-refractivity contribution in [3.05, 3.63) is 107 Å². The maximum atomic E-state index is 13.6. The van der Waals surface area contributed by atoms with Crippen LogP contribution in [0.3, 0.4) is 0 Å². The van der Waals surface area contributed by atoms with E-state index < -0.39 is 5.41 Å². The SMILES string of the molecule is Cc1ccc(O)c([C@@]2(c3ccccc3)C(=O)Nc3ccc4ccccc4c32)c1. The molecule has 0 aromatic heterocycles. The van der Waals surface area contributed by atoms with Crippen LogP contribution in [0.2, 0.25) is 0 Å². The Hall–Kier alpha value is -3.59. The van der Waals surface area contributed by atoms with Gasteiger partial charge in [-0.05, 0) is 35.4 Å². The second kappa shape index (κ2) is 5.96. The van der Waals surface area contributed by atoms with E-state index in [-0.39, 0.29) is 11.7 Å². The zero-order valence-electron chi connectivity index (χ0n) is 15.4. The predicted molar refractivity (Wildman–Crippen MR) is 112 cm³/mol. The van der Waals surface area contributed by atoms with Crippen molar-refractivity contribution in [3.63, 3.8) is 0 Å². The molecule has 4 aromatic rings. The van der Waals surface area contributed by atoms with Crippen molar-refractivity contribution in [2.45, 2.75) is 12.3 Å². The van der Waals surface area contributed by atoms with Crippen LogP contribution in [0.1, 0.15) is 22.3 Å². The van der Waals surface area contributed by atoms with Gasteiger partial charge in [-0.2, -0.15) is 0 Å². The largest absolute Gasteiger partial charge is 0.508 e. The molecule has 0 radical (unpaired) electrons. The van der Waals surface area contributed by atoms with Gasteiger partial charge in [-0.1, -0.05) is 78.4 Å². The summed E-state index contributed by atoms with van der Waals surface area (Å²) in [5.74, 6) is -0.0312. The van der Waals surface area contributed by atoms with Gasteiger partial charge in [0.25, 0.3) is 0 Å². The number of phenolic OH excluding ortho intramolecular Hbond substituents is 1. The first-order chi connectivity index (χ1) is 13.6. The first-order valence-corrected chi connectivity index (χ1v) is 9.31. The number of nitrogens with one attached hydrogen (secondary N) is 1. The van der Waals surface area contributed by atoms with Crippen LogP contribution < -0.4 is 5.32 Å². The van der Waals surface area contributed by atoms with Gasteiger partial charge in [0, 0.05) is 16.8 Å². The van der Waals surface area contributed by atoms with Crippen LogP contribution in [-0.2, 0) is 10.2 Å². The molecule has 1 aliphatic rings. The Morgan fingerprint density at radius 1 is 0.857 bits per heavy atom. The molecule has 1 aliphatic heterocycles. The monoisotopic (exact) mass is 365 g/mol. The van der Waals surface area contributed by atoms with Gasteiger partial charge in [-0.3, -0.25) is 4.79 Å². The molecule has 0 fully saturated rings. The lowest BCUT2D eigenvalue weighted by molar-refractivity contribution is -0.118. The van der Waals surface area contributed by atoms with Crippen molar-refractivity contribution in [3.8, 4) is 5.75 Å². The normalized spacial score (nSPS) is 18.1. The Morgan fingerprint density at radius 3 is 2.43 bits per heavy atom. The molecule has 28 heavy (non-hydrogen) atoms. The van der Waals surface area contributed by atoms with Crippen molar-refractivity contribution in [2.75, 3.05) is 5.32 Å². The summed E-state index contributed by atoms with van der Waals surface area (Å²) in [6.45, 7) is 1.97. The summed E-state index contributed by atoms with van der Waals surface area (Å²) < 4.78 is 0. The molecule has 0 bridgehead atoms. The average Bonchev–Trinajstić information content (AvgIpc) is 3.03. The van der Waals surface area contributed by atoms with Gasteiger partial charge < -0.3 is 10.4 Å². The number of aromatic hydroxyl groups is 1. The molecular formula is C25H19NO2. The van der Waals surface area contributed by atoms with Crippen LogP contribution in [0.15, 0.2) is 84.9 Å². The van der Waals surface area contributed by atoms with Crippen molar-refractivity contribution in [2.24, 2.45) is 0 Å². The fourth-order valence-corrected chi connectivity index (χ4v) is 4.44. The molecule has 5 rings (SSSR count). The van der Waals surface area contributed by atoms with Crippen LogP contribution in [-0.4, -0.2) is 11.0 Å². The van der Waals surface area contributed by atoms with Gasteiger partial charge in [0.05, 0.1) is 0 Å². The third-order valence-corrected chi connectivity index (χ3v) is 5.66. The number of fused-ring (bicyclic) bond motifs is 3. The summed E-state index contributed by atoms with van der Waals surface area (Å²) in [7, 11) is 0. The van der Waals surface area contributed by atoms with E-state index in [0.717, 1.165) is 33.2 Å². The first-order valence-electron chi connectivity index (χ1n) is 9.31. The fraction of sp³-hybridized carbons (Fsp3) is 0.0800. The maximum Gasteiger partial charge on any atom is 0.244 e. The maximum absolute atomic E-state index is 13.6. The van der Waals surface area contributed by atoms with Gasteiger partial charge >= 0.3 is 0 Å². The molecule has 0 aliphatic carbocycles. The highest BCUT2D eigenvalue weighted by Gasteiger charge is 2.52. The topological polar surface area (TPSA) is 49.3 Å². The molecule has 0 saturated heterocycles. The summed E-state index contributed by atoms with van der Waals surface area (Å²) in [5, 5.41) is 16.0. The molecule has 3 nitrogen and oxygen atoms in total. The third-order valence-electron chi connectivity index (χ3n) is 5.66. The van der Waals surface area contributed by atoms with Crippen LogP contribution in [0.5, 0.6) is 5.75 Å². The number of phenols is 1. The van der Waals surface area contributed by atoms with E-state index in [4.69, 9.17) is 0 Å². The number of hydrogen-bond acceptors (Lipinski definition) is 2. The van der Waals surface area contributed by atoms with Crippen LogP contribution in [0.4, 0.5) is 5.69 Å². The number of carbonyl (C=O) groups excluding carboxylic acids is 1. The summed E-state index contributed by atoms with van der Waals surface area (Å²) in [5.41, 5.74) is 2.99. The van der Waals surface area contributed by atoms with E-state index in [1.54, 1.807) is 6.07 Å². The summed E-state index contributed by atoms with van der Waals surface area (Å²) >= 11 is 0. The van der Waals surface area contributed by atoms with Gasteiger partial charge in [-0.25, -0.2) is 0 Å². The standard InChI is InChI=1S/C25H19NO2/c1-16-11-14-22(27)20(15-16)25(18-8-3-2-4-9-18)23-19-10-6-5-7-17(19)12-13-21(23)26-24(25)28/h2-15,27H,1H3,(H,26,28)/t25-/m1/s1. The molecule has 0 unspecified atom stereocenters. The molecule has 1 amide bonds. The summed E-state index contributed by atoms with van der Waals surface area (Å²) in [6, 6.07) is 27.2. The average molecular weight is 365 g/mol. The van der Waals surface area contributed by atoms with Crippen molar-refractivity contribution in [1.29, 1.82) is 0 Å². The Bertz CT molecular complexity index is 1230. The molecule has 0 saturated carbocycles. The Morgan fingerprint density at radius 2 is 1.61 bits per heavy atom. The lowest BCUT2D eigenvalue weighted by Crippen LogP contribution is -2.37. The number of benzene rings is 4. The second-order valence-corrected chi connectivity index (χ2v) is 7.30. The van der Waals surface area contributed by atoms with Crippen LogP contribution in [0, 0.1) is 6.92 Å². The number of aryl methyl sites for hydroxylation is 1. The molecule has 1 heterocycles. The minimum atomic E-state index is -1.12. The van der Waals surface area contributed by atoms with E-state index in [9.17, 15) is 9.90 Å². The zero-order valence-corrected chi connectivity index (χ0v) is 15.4. The number of hydrogen-bond donors (Lipinski definition) is 2. The predicted octanol–water partition coefficient (Wildman–Crippen LogP) is 5.14. The Kier molecular flexibility index (Phi) is 3.53. The lowest BCUT2D eigenvalue weighted by atomic mass is 9.68. The molecule has 0 spiro atoms. The number of rotatable bonds is 2. The number of carbonyl (C=O) groups is 1. The first kappa shape index (κ1) is 16.6. The van der Waals surface area contributed by atoms with Gasteiger partial charge in [0.15, 0.2) is 0 Å². The second-order valence-electron chi connectivity index (χ2n) is 7.30. The minimum Gasteiger partial charge on any atom is -0.508 e. The highest BCUT2D eigenvalue weighted by molar-refractivity contribution is 6.16. The fourth-order valence-electron chi connectivity index (χ4n) is 4.44. The van der Waals surface area contributed by atoms with Gasteiger partial charge in [0.1, 0.15) is 11.2 Å². The van der Waals surface area contributed by atoms with E-state index in [1.165, 1.54) is 0 Å². The molecule has 4 aromatic carbocycles. The third kappa shape index (κ3) is 2.13. The smallest absolute Gasteiger partial charge is 0.244 e. The van der Waals surface area contributed by atoms with Crippen LogP contribution in [0.25, 0.3) is 10.8 Å². The van der Waals surface area contributed by atoms with Crippen molar-refractivity contribution >= 4 is 22.4 Å². The summed E-state index contributed by atoms with van der Waals surface area (Å²) in [4.78, 5) is 13.6. The van der Waals surface area contributed by atoms with Gasteiger partial charge in [-0.15, -0.1) is 0 Å². The molecule has 136 valence electrons. The number of anilines is 1. The number of amides is 1. The van der Waals surface area contributed by atoms with E-state index >= 15 is 0 Å². The lowest BCUT2D eigenvalue weighted by Gasteiger charge is -2.30. The molecular weight excluding hydrogens is 346 g/mol. The van der Waals surface area contributed by atoms with Gasteiger partial charge in [0.2, 0.25) is 5.91 Å². The molecule has 2 N–H and O–H groups in total. The van der Waals surface area contributed by atoms with E-state index in [2.05, 4.69) is 5.32 Å². The van der Waals surface area contributed by atoms with Crippen molar-refractivity contribution < 1.29 is 9.90 Å². The minimum absolute atomic E-state index is 0.116. The van der Waals surface area contributed by atoms with E-state index in [1.807, 2.05) is 85.8 Å². The highest BCUT2D eigenvalue weighted by atomic mass is 16.3. The summed E-state index contributed by atoms with van der Waals surface area (Å²) in [6.07, 6.45) is 0.